The van der Waals surface area contributed by atoms with Crippen molar-refractivity contribution in [3.05, 3.63) is 34.0 Å². The number of oxime groups is 1. The van der Waals surface area contributed by atoms with Gasteiger partial charge in [0.2, 0.25) is 5.91 Å². The van der Waals surface area contributed by atoms with Crippen molar-refractivity contribution in [3.63, 3.8) is 0 Å². The van der Waals surface area contributed by atoms with Crippen molar-refractivity contribution in [3.8, 4) is 0 Å². The molecule has 1 aromatic heterocycles. The van der Waals surface area contributed by atoms with Gasteiger partial charge in [-0.25, -0.2) is 0 Å². The molecule has 0 fully saturated rings. The summed E-state index contributed by atoms with van der Waals surface area (Å²) in [5, 5.41) is 18.0. The van der Waals surface area contributed by atoms with E-state index >= 15 is 0 Å². The number of fused-ring (bicyclic) bond motifs is 3. The largest absolute Gasteiger partial charge is 0.409 e. The van der Waals surface area contributed by atoms with Crippen molar-refractivity contribution < 1.29 is 14.8 Å². The Morgan fingerprint density at radius 3 is 2.96 bits per heavy atom. The standard InChI is InChI=1S/C15H15ClN4O3/c1-7(20-23)18-15(22)10-4-8(16)5-12-14(10)9-6-13(21)17-3-2-11(9)19-12/h4-5,19,23H,2-3,6H2,1H3,(H,17,21)(H,18,20,22). The lowest BCUT2D eigenvalue weighted by Gasteiger charge is -2.07. The van der Waals surface area contributed by atoms with Crippen LogP contribution >= 0.6 is 11.6 Å². The Kier molecular flexibility index (Phi) is 3.96. The molecule has 0 atom stereocenters. The molecule has 0 saturated heterocycles. The zero-order valence-electron chi connectivity index (χ0n) is 12.4. The van der Waals surface area contributed by atoms with Crippen LogP contribution in [0, 0.1) is 0 Å². The molecule has 2 aromatic rings. The highest BCUT2D eigenvalue weighted by molar-refractivity contribution is 6.32. The number of carbonyl (C=O) groups is 2. The topological polar surface area (TPSA) is 107 Å². The van der Waals surface area contributed by atoms with Crippen LogP contribution in [0.3, 0.4) is 0 Å². The molecule has 0 saturated carbocycles. The molecule has 0 bridgehead atoms. The summed E-state index contributed by atoms with van der Waals surface area (Å²) in [5.41, 5.74) is 2.77. The minimum Gasteiger partial charge on any atom is -0.409 e. The molecule has 8 heteroatoms. The predicted molar refractivity (Wildman–Crippen MR) is 86.1 cm³/mol. The number of amidine groups is 1. The maximum atomic E-state index is 12.5. The van der Waals surface area contributed by atoms with Gasteiger partial charge in [0.15, 0.2) is 0 Å². The van der Waals surface area contributed by atoms with Gasteiger partial charge in [-0.2, -0.15) is 0 Å². The van der Waals surface area contributed by atoms with Gasteiger partial charge in [-0.05, 0) is 24.6 Å². The fraction of sp³-hybridized carbons (Fsp3) is 0.267. The molecule has 120 valence electrons. The highest BCUT2D eigenvalue weighted by atomic mass is 35.5. The van der Waals surface area contributed by atoms with Gasteiger partial charge in [0.1, 0.15) is 5.84 Å². The van der Waals surface area contributed by atoms with Crippen LogP contribution in [0.1, 0.15) is 28.5 Å². The summed E-state index contributed by atoms with van der Waals surface area (Å²) in [7, 11) is 0. The molecule has 2 amide bonds. The summed E-state index contributed by atoms with van der Waals surface area (Å²) in [4.78, 5) is 27.6. The van der Waals surface area contributed by atoms with E-state index in [1.54, 1.807) is 12.1 Å². The molecule has 3 rings (SSSR count). The average Bonchev–Trinajstić information content (AvgIpc) is 2.72. The summed E-state index contributed by atoms with van der Waals surface area (Å²) in [5.74, 6) is -0.458. The number of hydrogen-bond acceptors (Lipinski definition) is 4. The number of carbonyl (C=O) groups excluding carboxylic acids is 2. The number of halogens is 1. The average molecular weight is 335 g/mol. The first kappa shape index (κ1) is 15.4. The Morgan fingerprint density at radius 2 is 2.22 bits per heavy atom. The number of benzene rings is 1. The summed E-state index contributed by atoms with van der Waals surface area (Å²) < 4.78 is 0. The lowest BCUT2D eigenvalue weighted by molar-refractivity contribution is -0.120. The second-order valence-electron chi connectivity index (χ2n) is 5.37. The molecular formula is C15H15ClN4O3. The van der Waals surface area contributed by atoms with Crippen LogP contribution in [-0.4, -0.2) is 34.4 Å². The van der Waals surface area contributed by atoms with Gasteiger partial charge >= 0.3 is 0 Å². The number of aromatic nitrogens is 1. The molecule has 1 aliphatic heterocycles. The molecule has 0 aliphatic carbocycles. The van der Waals surface area contributed by atoms with Gasteiger partial charge in [-0.1, -0.05) is 16.8 Å². The monoisotopic (exact) mass is 334 g/mol. The van der Waals surface area contributed by atoms with Crippen molar-refractivity contribution >= 4 is 40.2 Å². The van der Waals surface area contributed by atoms with E-state index in [9.17, 15) is 9.59 Å². The van der Waals surface area contributed by atoms with E-state index in [-0.39, 0.29) is 18.2 Å². The van der Waals surface area contributed by atoms with Crippen molar-refractivity contribution in [2.45, 2.75) is 19.8 Å². The molecule has 0 unspecified atom stereocenters. The highest BCUT2D eigenvalue weighted by Crippen LogP contribution is 2.31. The minimum atomic E-state index is -0.445. The van der Waals surface area contributed by atoms with Crippen molar-refractivity contribution in [1.82, 2.24) is 15.6 Å². The van der Waals surface area contributed by atoms with Crippen molar-refractivity contribution in [2.24, 2.45) is 5.16 Å². The fourth-order valence-corrected chi connectivity index (χ4v) is 3.03. The second-order valence-corrected chi connectivity index (χ2v) is 5.81. The first-order valence-electron chi connectivity index (χ1n) is 7.09. The third-order valence-electron chi connectivity index (χ3n) is 3.78. The van der Waals surface area contributed by atoms with E-state index in [0.29, 0.717) is 34.5 Å². The van der Waals surface area contributed by atoms with Gasteiger partial charge in [0, 0.05) is 34.6 Å². The number of H-pyrrole nitrogens is 1. The van der Waals surface area contributed by atoms with Crippen LogP contribution in [0.2, 0.25) is 5.02 Å². The molecule has 23 heavy (non-hydrogen) atoms. The Labute approximate surface area is 136 Å². The quantitative estimate of drug-likeness (QED) is 0.275. The van der Waals surface area contributed by atoms with Gasteiger partial charge in [0.05, 0.1) is 12.0 Å². The van der Waals surface area contributed by atoms with Gasteiger partial charge < -0.3 is 20.8 Å². The smallest absolute Gasteiger partial charge is 0.257 e. The molecule has 0 radical (unpaired) electrons. The predicted octanol–water partition coefficient (Wildman–Crippen LogP) is 1.57. The molecule has 1 aromatic carbocycles. The Morgan fingerprint density at radius 1 is 1.43 bits per heavy atom. The minimum absolute atomic E-state index is 0.0718. The molecule has 1 aliphatic rings. The van der Waals surface area contributed by atoms with Gasteiger partial charge in [-0.3, -0.25) is 9.59 Å². The van der Waals surface area contributed by atoms with Gasteiger partial charge in [0.25, 0.3) is 5.91 Å². The van der Waals surface area contributed by atoms with E-state index in [0.717, 1.165) is 11.3 Å². The maximum absolute atomic E-state index is 12.5. The van der Waals surface area contributed by atoms with Crippen LogP contribution in [0.25, 0.3) is 10.9 Å². The number of nitrogens with one attached hydrogen (secondary N) is 3. The molecule has 7 nitrogen and oxygen atoms in total. The number of aromatic amines is 1. The van der Waals surface area contributed by atoms with E-state index in [4.69, 9.17) is 16.8 Å². The third kappa shape index (κ3) is 2.87. The first-order chi connectivity index (χ1) is 11.0. The lowest BCUT2D eigenvalue weighted by Crippen LogP contribution is -2.28. The van der Waals surface area contributed by atoms with E-state index in [1.165, 1.54) is 6.92 Å². The molecular weight excluding hydrogens is 320 g/mol. The number of hydrogen-bond donors (Lipinski definition) is 4. The van der Waals surface area contributed by atoms with Crippen molar-refractivity contribution in [2.75, 3.05) is 6.54 Å². The number of nitrogens with zero attached hydrogens (tertiary/aromatic N) is 1. The SMILES string of the molecule is C/C(=N/O)NC(=O)c1cc(Cl)cc2[nH]c3c(c12)CC(=O)NCC3. The molecule has 4 N–H and O–H groups in total. The number of rotatable bonds is 1. The third-order valence-corrected chi connectivity index (χ3v) is 4.00. The van der Waals surface area contributed by atoms with Crippen LogP contribution < -0.4 is 10.6 Å². The second kappa shape index (κ2) is 5.92. The zero-order chi connectivity index (χ0) is 16.6. The van der Waals surface area contributed by atoms with E-state index in [2.05, 4.69) is 20.8 Å². The van der Waals surface area contributed by atoms with Crippen LogP contribution in [0.15, 0.2) is 17.3 Å². The summed E-state index contributed by atoms with van der Waals surface area (Å²) in [6.45, 7) is 2.01. The summed E-state index contributed by atoms with van der Waals surface area (Å²) in [6, 6.07) is 3.27. The first-order valence-corrected chi connectivity index (χ1v) is 7.47. The van der Waals surface area contributed by atoms with Crippen LogP contribution in [0.5, 0.6) is 0 Å². The molecule has 2 heterocycles. The fourth-order valence-electron chi connectivity index (χ4n) is 2.81. The Balaban J connectivity index is 2.19. The maximum Gasteiger partial charge on any atom is 0.257 e. The van der Waals surface area contributed by atoms with Crippen LogP contribution in [-0.2, 0) is 17.6 Å². The highest BCUT2D eigenvalue weighted by Gasteiger charge is 2.23. The lowest BCUT2D eigenvalue weighted by atomic mass is 10.0. The number of amides is 2. The summed E-state index contributed by atoms with van der Waals surface area (Å²) >= 11 is 6.10. The van der Waals surface area contributed by atoms with Gasteiger partial charge in [-0.15, -0.1) is 0 Å². The normalized spacial score (nSPS) is 15.0. The van der Waals surface area contributed by atoms with E-state index < -0.39 is 5.91 Å². The Bertz CT molecular complexity index is 841. The summed E-state index contributed by atoms with van der Waals surface area (Å²) in [6.07, 6.45) is 0.857. The van der Waals surface area contributed by atoms with Crippen LogP contribution in [0.4, 0.5) is 0 Å². The Hall–Kier alpha value is -2.54. The zero-order valence-corrected chi connectivity index (χ0v) is 13.1. The molecule has 0 spiro atoms. The van der Waals surface area contributed by atoms with E-state index in [1.807, 2.05) is 0 Å². The van der Waals surface area contributed by atoms with Crippen molar-refractivity contribution in [1.29, 1.82) is 0 Å².